The third-order valence-electron chi connectivity index (χ3n) is 17.2. The molecule has 14 aromatic carbocycles. The number of hydrogen-bond donors (Lipinski definition) is 0. The van der Waals surface area contributed by atoms with Gasteiger partial charge in [-0.25, -0.2) is 0 Å². The van der Waals surface area contributed by atoms with Crippen LogP contribution < -0.4 is 9.80 Å². The van der Waals surface area contributed by atoms with Crippen LogP contribution in [0.3, 0.4) is 0 Å². The minimum atomic E-state index is 1.10. The first-order chi connectivity index (χ1) is 41.6. The Morgan fingerprint density at radius 1 is 0.238 bits per heavy atom. The first-order valence-electron chi connectivity index (χ1n) is 28.8. The molecule has 0 aliphatic carbocycles. The monoisotopic (exact) mass is 1090 g/mol. The third-order valence-corrected chi connectivity index (χ3v) is 18.4. The van der Waals surface area contributed by atoms with Crippen LogP contribution in [0.4, 0.5) is 34.1 Å². The van der Waals surface area contributed by atoms with Crippen LogP contribution in [0.2, 0.25) is 0 Å². The van der Waals surface area contributed by atoms with Crippen molar-refractivity contribution in [3.8, 4) is 44.5 Å². The maximum absolute atomic E-state index is 2.57. The predicted molar refractivity (Wildman–Crippen MR) is 360 cm³/mol. The van der Waals surface area contributed by atoms with Crippen molar-refractivity contribution in [1.29, 1.82) is 0 Å². The summed E-state index contributed by atoms with van der Waals surface area (Å²) in [6, 6.07) is 114. The Morgan fingerprint density at radius 2 is 0.595 bits per heavy atom. The summed E-state index contributed by atoms with van der Waals surface area (Å²) in [4.78, 5) is 4.80. The lowest BCUT2D eigenvalue weighted by Crippen LogP contribution is -2.09. The quantitative estimate of drug-likeness (QED) is 0.135. The van der Waals surface area contributed by atoms with Crippen molar-refractivity contribution in [2.45, 2.75) is 0 Å². The van der Waals surface area contributed by atoms with E-state index < -0.39 is 0 Å². The standard InChI is InChI=1S/C80H51N3S/c1-5-15-52(16-6-1)56-25-35-64(36-26-56)81(65-37-27-57(28-38-65)53-17-7-2-8-18-53)68-43-33-60-49-75-71(47-62(60)45-68)72-51-73-70-23-13-14-24-77(70)84-80(73)78-74-48-63-46-69(44-34-61(63)50-76(74)83(75)79(72)78)82(66-39-29-58(30-40-66)54-19-9-3-10-20-54)67-41-31-59(32-42-67)55-21-11-4-12-22-55/h1-51H. The van der Waals surface area contributed by atoms with Crippen molar-refractivity contribution in [1.82, 2.24) is 4.40 Å². The highest BCUT2D eigenvalue weighted by atomic mass is 32.1. The third kappa shape index (κ3) is 7.95. The summed E-state index contributed by atoms with van der Waals surface area (Å²) in [6.45, 7) is 0. The molecule has 0 saturated heterocycles. The molecule has 17 aromatic rings. The summed E-state index contributed by atoms with van der Waals surface area (Å²) in [5.41, 5.74) is 19.9. The Bertz CT molecular complexity index is 5140. The molecule has 3 heterocycles. The fourth-order valence-electron chi connectivity index (χ4n) is 13.1. The van der Waals surface area contributed by atoms with Crippen molar-refractivity contribution in [3.05, 3.63) is 309 Å². The number of aromatic nitrogens is 1. The molecule has 392 valence electrons. The van der Waals surface area contributed by atoms with E-state index in [2.05, 4.69) is 324 Å². The zero-order valence-corrected chi connectivity index (χ0v) is 46.5. The van der Waals surface area contributed by atoms with Crippen LogP contribution in [0.5, 0.6) is 0 Å². The van der Waals surface area contributed by atoms with Crippen LogP contribution >= 0.6 is 11.3 Å². The Kier molecular flexibility index (Phi) is 11.1. The fourth-order valence-corrected chi connectivity index (χ4v) is 14.4. The second-order valence-electron chi connectivity index (χ2n) is 22.1. The SMILES string of the molecule is c1ccc(-c2ccc(N(c3ccc(-c4ccccc4)cc3)c3ccc4cc5c(cc4c3)c3cc4c6ccccc6sc4c4c6cc7cc(N(c8ccc(-c9ccccc9)cc8)c8ccc(-c9ccccc9)cc8)ccc7cc6n5c34)cc2)cc1. The average Bonchev–Trinajstić information content (AvgIpc) is 3.76. The summed E-state index contributed by atoms with van der Waals surface area (Å²) >= 11 is 1.92. The van der Waals surface area contributed by atoms with E-state index in [-0.39, 0.29) is 0 Å². The maximum Gasteiger partial charge on any atom is 0.0635 e. The molecular formula is C80H51N3S. The lowest BCUT2D eigenvalue weighted by molar-refractivity contribution is 1.29. The predicted octanol–water partition coefficient (Wildman–Crippen LogP) is 23.1. The van der Waals surface area contributed by atoms with Crippen LogP contribution in [0.15, 0.2) is 309 Å². The van der Waals surface area contributed by atoms with Gasteiger partial charge in [0.1, 0.15) is 0 Å². The molecule has 3 nitrogen and oxygen atoms in total. The van der Waals surface area contributed by atoms with E-state index in [9.17, 15) is 0 Å². The number of fused-ring (bicyclic) bond motifs is 12. The number of rotatable bonds is 10. The van der Waals surface area contributed by atoms with Gasteiger partial charge in [-0.1, -0.05) is 200 Å². The van der Waals surface area contributed by atoms with Gasteiger partial charge in [0.15, 0.2) is 0 Å². The zero-order chi connectivity index (χ0) is 55.2. The normalized spacial score (nSPS) is 11.8. The van der Waals surface area contributed by atoms with Gasteiger partial charge >= 0.3 is 0 Å². The Balaban J connectivity index is 0.833. The molecule has 0 aliphatic heterocycles. The summed E-state index contributed by atoms with van der Waals surface area (Å²) < 4.78 is 5.21. The molecule has 0 fully saturated rings. The van der Waals surface area contributed by atoms with Crippen LogP contribution in [-0.4, -0.2) is 4.40 Å². The molecule has 84 heavy (non-hydrogen) atoms. The van der Waals surface area contributed by atoms with Gasteiger partial charge in [0.05, 0.1) is 16.6 Å². The summed E-state index contributed by atoms with van der Waals surface area (Å²) in [5.74, 6) is 0. The topological polar surface area (TPSA) is 10.9 Å². The maximum atomic E-state index is 2.57. The Labute approximate surface area is 490 Å². The Morgan fingerprint density at radius 3 is 1.02 bits per heavy atom. The van der Waals surface area contributed by atoms with E-state index in [4.69, 9.17) is 0 Å². The summed E-state index contributed by atoms with van der Waals surface area (Å²) in [6.07, 6.45) is 0. The average molecular weight is 1090 g/mol. The van der Waals surface area contributed by atoms with Gasteiger partial charge in [-0.2, -0.15) is 0 Å². The van der Waals surface area contributed by atoms with Crippen LogP contribution in [-0.2, 0) is 0 Å². The minimum Gasteiger partial charge on any atom is -0.310 e. The molecule has 0 amide bonds. The highest BCUT2D eigenvalue weighted by Crippen LogP contribution is 2.50. The van der Waals surface area contributed by atoms with Gasteiger partial charge in [-0.05, 0) is 175 Å². The molecule has 0 spiro atoms. The number of hydrogen-bond acceptors (Lipinski definition) is 3. The molecule has 0 N–H and O–H groups in total. The molecule has 0 unspecified atom stereocenters. The van der Waals surface area contributed by atoms with E-state index in [1.807, 2.05) is 11.3 Å². The van der Waals surface area contributed by atoms with Gasteiger partial charge in [0, 0.05) is 75.8 Å². The number of benzene rings is 14. The van der Waals surface area contributed by atoms with E-state index >= 15 is 0 Å². The van der Waals surface area contributed by atoms with Gasteiger partial charge in [-0.15, -0.1) is 11.3 Å². The van der Waals surface area contributed by atoms with Crippen LogP contribution in [0, 0.1) is 0 Å². The second kappa shape index (κ2) is 19.5. The smallest absolute Gasteiger partial charge is 0.0635 e. The Hall–Kier alpha value is -10.8. The number of thiophene rings is 1. The van der Waals surface area contributed by atoms with E-state index in [0.29, 0.717) is 0 Å². The van der Waals surface area contributed by atoms with Crippen LogP contribution in [0.1, 0.15) is 0 Å². The molecule has 0 atom stereocenters. The lowest BCUT2D eigenvalue weighted by Gasteiger charge is -2.26. The van der Waals surface area contributed by atoms with Crippen molar-refractivity contribution in [2.75, 3.05) is 9.80 Å². The molecule has 4 heteroatoms. The van der Waals surface area contributed by atoms with E-state index in [0.717, 1.165) is 34.1 Å². The van der Waals surface area contributed by atoms with Crippen LogP contribution in [0.25, 0.3) is 124 Å². The molecule has 17 rings (SSSR count). The van der Waals surface area contributed by atoms with Gasteiger partial charge in [0.2, 0.25) is 0 Å². The minimum absolute atomic E-state index is 1.10. The molecule has 0 aliphatic rings. The highest BCUT2D eigenvalue weighted by Gasteiger charge is 2.25. The van der Waals surface area contributed by atoms with Crippen molar-refractivity contribution in [2.24, 2.45) is 0 Å². The van der Waals surface area contributed by atoms with Crippen molar-refractivity contribution >= 4 is 125 Å². The summed E-state index contributed by atoms with van der Waals surface area (Å²) in [5, 5.41) is 12.5. The van der Waals surface area contributed by atoms with Gasteiger partial charge < -0.3 is 14.2 Å². The fraction of sp³-hybridized carbons (Fsp3) is 0. The van der Waals surface area contributed by atoms with Gasteiger partial charge in [-0.3, -0.25) is 0 Å². The van der Waals surface area contributed by atoms with Crippen molar-refractivity contribution < 1.29 is 0 Å². The number of anilines is 6. The summed E-state index contributed by atoms with van der Waals surface area (Å²) in [7, 11) is 0. The largest absolute Gasteiger partial charge is 0.310 e. The zero-order valence-electron chi connectivity index (χ0n) is 45.7. The van der Waals surface area contributed by atoms with E-state index in [1.165, 1.54) is 124 Å². The first kappa shape index (κ1) is 48.0. The molecule has 0 bridgehead atoms. The van der Waals surface area contributed by atoms with Gasteiger partial charge in [0.25, 0.3) is 0 Å². The highest BCUT2D eigenvalue weighted by molar-refractivity contribution is 7.26. The van der Waals surface area contributed by atoms with Crippen molar-refractivity contribution in [3.63, 3.8) is 0 Å². The number of nitrogens with zero attached hydrogens (tertiary/aromatic N) is 3. The second-order valence-corrected chi connectivity index (χ2v) is 23.1. The molecule has 3 aromatic heterocycles. The molecule has 0 saturated carbocycles. The molecular weight excluding hydrogens is 1030 g/mol. The lowest BCUT2D eigenvalue weighted by atomic mass is 9.99. The first-order valence-corrected chi connectivity index (χ1v) is 29.6. The van der Waals surface area contributed by atoms with E-state index in [1.54, 1.807) is 0 Å². The molecule has 0 radical (unpaired) electrons.